The summed E-state index contributed by atoms with van der Waals surface area (Å²) in [6, 6.07) is 56.9. The minimum atomic E-state index is -2.75. The average molecular weight is 1030 g/mol. The molecule has 10 aromatic rings. The van der Waals surface area contributed by atoms with Crippen LogP contribution in [-0.2, 0) is 26.5 Å². The molecule has 0 spiro atoms. The summed E-state index contributed by atoms with van der Waals surface area (Å²) in [5, 5.41) is 1.68. The number of aryl methyl sites for hydroxylation is 1. The van der Waals surface area contributed by atoms with Crippen LogP contribution in [0.2, 0.25) is 0 Å². The molecule has 0 saturated carbocycles. The van der Waals surface area contributed by atoms with E-state index in [9.17, 15) is 0 Å². The molecule has 6 heteroatoms. The van der Waals surface area contributed by atoms with Crippen LogP contribution in [0.25, 0.3) is 61.0 Å². The van der Waals surface area contributed by atoms with Crippen LogP contribution in [0, 0.1) is 25.7 Å². The Hall–Kier alpha value is -7.20. The van der Waals surface area contributed by atoms with Crippen molar-refractivity contribution in [3.8, 4) is 50.7 Å². The molecule has 11 rings (SSSR count). The molecule has 1 aliphatic rings. The molecule has 0 unspecified atom stereocenters. The molecule has 8 aromatic carbocycles. The summed E-state index contributed by atoms with van der Waals surface area (Å²) in [5.41, 5.74) is 10.0. The fourth-order valence-electron chi connectivity index (χ4n) is 8.43. The van der Waals surface area contributed by atoms with E-state index in [0.717, 1.165) is 61.3 Å². The van der Waals surface area contributed by atoms with Gasteiger partial charge in [-0.25, -0.2) is 4.98 Å². The van der Waals surface area contributed by atoms with Crippen molar-refractivity contribution in [2.45, 2.75) is 33.0 Å². The van der Waals surface area contributed by atoms with Gasteiger partial charge in [0.1, 0.15) is 5.82 Å². The third kappa shape index (κ3) is 7.91. The Bertz CT molecular complexity index is 3730. The van der Waals surface area contributed by atoms with Gasteiger partial charge in [0.25, 0.3) is 0 Å². The fourth-order valence-corrected chi connectivity index (χ4v) is 8.43. The first-order valence-electron chi connectivity index (χ1n) is 25.1. The molecule has 0 bridgehead atoms. The predicted octanol–water partition coefficient (Wildman–Crippen LogP) is 15.6. The van der Waals surface area contributed by atoms with Gasteiger partial charge in [0, 0.05) is 71.0 Å². The van der Waals surface area contributed by atoms with Gasteiger partial charge >= 0.3 is 0 Å². The number of anilines is 4. The molecule has 5 nitrogen and oxygen atoms in total. The smallest absolute Gasteiger partial charge is 0.135 e. The average Bonchev–Trinajstić information content (AvgIpc) is 3.93. The molecule has 0 atom stereocenters. The van der Waals surface area contributed by atoms with Crippen LogP contribution in [0.1, 0.15) is 42.9 Å². The zero-order valence-corrected chi connectivity index (χ0v) is 38.0. The van der Waals surface area contributed by atoms with Crippen LogP contribution in [0.4, 0.5) is 22.7 Å². The summed E-state index contributed by atoms with van der Waals surface area (Å²) in [6.45, 7) is 6.06. The van der Waals surface area contributed by atoms with E-state index in [1.807, 2.05) is 78.9 Å². The van der Waals surface area contributed by atoms with E-state index >= 15 is 0 Å². The Morgan fingerprint density at radius 1 is 0.615 bits per heavy atom. The number of pyridine rings is 1. The van der Waals surface area contributed by atoms with Crippen molar-refractivity contribution in [1.82, 2.24) is 9.55 Å². The number of benzene rings is 8. The van der Waals surface area contributed by atoms with E-state index in [4.69, 9.17) is 20.7 Å². The molecule has 65 heavy (non-hydrogen) atoms. The van der Waals surface area contributed by atoms with Crippen molar-refractivity contribution in [2.24, 2.45) is 0 Å². The monoisotopic (exact) mass is 1030 g/mol. The standard InChI is InChI=1S/C59H45N4O.Pt/c1-40-31-58(60-38-53(40)43-21-12-7-13-22-43)63-54-26-15-14-25-51(54)52-29-28-50(37-56(52)63)64-49-24-16-23-47(36-49)61-39-62(57-34-44(27-30-55(57)61)41-17-8-5-9-18-41)48-33-45(42-19-10-6-11-20-42)32-46(35-48)59(2,3)4;/h5-35,38-39H,1-4H3;/q-3;/i1D3,7D,12D,13D,21D,22D;. The Kier molecular flexibility index (Phi) is 8.75. The second-order valence-corrected chi connectivity index (χ2v) is 16.8. The summed E-state index contributed by atoms with van der Waals surface area (Å²) >= 11 is 0. The fraction of sp³-hybridized carbons (Fsp3) is 0.0847. The quantitative estimate of drug-likeness (QED) is 0.142. The molecule has 1 aliphatic heterocycles. The molecule has 0 aliphatic carbocycles. The minimum absolute atomic E-state index is 0. The summed E-state index contributed by atoms with van der Waals surface area (Å²) < 4.78 is 75.9. The molecule has 0 radical (unpaired) electrons. The SMILES string of the molecule is [2H]c1c([2H])c([2H])c(-c2cnc(-n3c4[c-]c(Oc5[c-]c(N6[CH-]N(c7cc(-c8ccccc8)cc(C(C)(C)C)c7)c7cc(-c8ccccc8)ccc76)ccc5)ccc4c4ccccc43)cc2C([2H])([2H])[2H])c([2H])c1[2H].[Pt]. The Morgan fingerprint density at radius 2 is 1.35 bits per heavy atom. The van der Waals surface area contributed by atoms with Gasteiger partial charge in [-0.1, -0.05) is 147 Å². The number of rotatable bonds is 8. The first kappa shape index (κ1) is 33.3. The van der Waals surface area contributed by atoms with E-state index in [1.165, 1.54) is 17.8 Å². The molecular formula is C59H45N4OPt-3. The van der Waals surface area contributed by atoms with Gasteiger partial charge in [-0.05, 0) is 93.0 Å². The van der Waals surface area contributed by atoms with Gasteiger partial charge in [-0.2, -0.15) is 12.1 Å². The van der Waals surface area contributed by atoms with Gasteiger partial charge < -0.3 is 19.1 Å². The number of fused-ring (bicyclic) bond motifs is 4. The van der Waals surface area contributed by atoms with Gasteiger partial charge in [-0.3, -0.25) is 0 Å². The van der Waals surface area contributed by atoms with Gasteiger partial charge in [-0.15, -0.1) is 48.1 Å². The topological polar surface area (TPSA) is 33.5 Å². The normalized spacial score (nSPS) is 14.3. The number of hydrogen-bond donors (Lipinski definition) is 0. The molecule has 0 fully saturated rings. The molecular weight excluding hydrogens is 976 g/mol. The summed E-state index contributed by atoms with van der Waals surface area (Å²) in [5.74, 6) is 1.05. The van der Waals surface area contributed by atoms with Crippen molar-refractivity contribution in [3.05, 3.63) is 224 Å². The summed E-state index contributed by atoms with van der Waals surface area (Å²) in [6.07, 6.45) is 1.27. The Balaban J connectivity index is 0.00000611. The van der Waals surface area contributed by atoms with Crippen LogP contribution in [0.5, 0.6) is 11.5 Å². The molecule has 0 N–H and O–H groups in total. The number of ether oxygens (including phenoxy) is 1. The molecule has 0 amide bonds. The minimum Gasteiger partial charge on any atom is -0.509 e. The van der Waals surface area contributed by atoms with Crippen LogP contribution < -0.4 is 14.5 Å². The van der Waals surface area contributed by atoms with E-state index in [-0.39, 0.29) is 49.0 Å². The van der Waals surface area contributed by atoms with Crippen molar-refractivity contribution in [1.29, 1.82) is 0 Å². The van der Waals surface area contributed by atoms with Gasteiger partial charge in [0.2, 0.25) is 0 Å². The maximum absolute atomic E-state index is 8.62. The molecule has 2 aromatic heterocycles. The van der Waals surface area contributed by atoms with Gasteiger partial charge in [0.15, 0.2) is 0 Å². The largest absolute Gasteiger partial charge is 0.509 e. The van der Waals surface area contributed by atoms with E-state index in [2.05, 4.69) is 122 Å². The summed E-state index contributed by atoms with van der Waals surface area (Å²) in [4.78, 5) is 9.07. The Labute approximate surface area is 406 Å². The van der Waals surface area contributed by atoms with Crippen LogP contribution in [0.15, 0.2) is 194 Å². The van der Waals surface area contributed by atoms with Crippen molar-refractivity contribution < 1.29 is 36.8 Å². The second kappa shape index (κ2) is 17.1. The maximum Gasteiger partial charge on any atom is 0.135 e. The zero-order valence-electron chi connectivity index (χ0n) is 43.7. The maximum atomic E-state index is 8.62. The first-order chi connectivity index (χ1) is 34.5. The van der Waals surface area contributed by atoms with E-state index in [0.29, 0.717) is 17.0 Å². The van der Waals surface area contributed by atoms with Crippen molar-refractivity contribution >= 4 is 44.6 Å². The number of hydrogen-bond acceptors (Lipinski definition) is 4. The third-order valence-corrected chi connectivity index (χ3v) is 11.7. The zero-order chi connectivity index (χ0) is 50.2. The molecule has 320 valence electrons. The Morgan fingerprint density at radius 3 is 2.12 bits per heavy atom. The van der Waals surface area contributed by atoms with Crippen molar-refractivity contribution in [3.63, 3.8) is 0 Å². The molecule has 0 saturated heterocycles. The summed E-state index contributed by atoms with van der Waals surface area (Å²) in [7, 11) is 0. The number of nitrogens with zero attached hydrogens (tertiary/aromatic N) is 4. The van der Waals surface area contributed by atoms with Crippen LogP contribution in [-0.4, -0.2) is 9.55 Å². The third-order valence-electron chi connectivity index (χ3n) is 11.7. The van der Waals surface area contributed by atoms with Crippen LogP contribution in [0.3, 0.4) is 0 Å². The van der Waals surface area contributed by atoms with E-state index < -0.39 is 37.1 Å². The predicted molar refractivity (Wildman–Crippen MR) is 264 cm³/mol. The first-order valence-corrected chi connectivity index (χ1v) is 21.1. The van der Waals surface area contributed by atoms with Gasteiger partial charge in [0.05, 0.1) is 6.85 Å². The molecule has 3 heterocycles. The van der Waals surface area contributed by atoms with Crippen LogP contribution >= 0.6 is 0 Å². The van der Waals surface area contributed by atoms with Crippen molar-refractivity contribution in [2.75, 3.05) is 9.80 Å². The number of para-hydroxylation sites is 1. The van der Waals surface area contributed by atoms with E-state index in [1.54, 1.807) is 4.57 Å². The second-order valence-electron chi connectivity index (χ2n) is 16.8. The number of aromatic nitrogens is 2.